The Labute approximate surface area is 76.5 Å². The normalized spacial score (nSPS) is 21.3. The van der Waals surface area contributed by atoms with E-state index in [-0.39, 0.29) is 0 Å². The molecule has 0 aromatic heterocycles. The fraction of sp³-hybridized carbons (Fsp3) is 0.200. The van der Waals surface area contributed by atoms with Gasteiger partial charge in [0.1, 0.15) is 12.4 Å². The third-order valence-electron chi connectivity index (χ3n) is 1.63. The number of hydrogen-bond donors (Lipinski definition) is 0. The van der Waals surface area contributed by atoms with Crippen molar-refractivity contribution in [3.8, 4) is 0 Å². The molecule has 2 heteroatoms. The molecule has 0 unspecified atom stereocenters. The summed E-state index contributed by atoms with van der Waals surface area (Å²) in [6.45, 7) is 0.676. The van der Waals surface area contributed by atoms with Gasteiger partial charge < -0.3 is 4.74 Å². The average Bonchev–Trinajstić information content (AvgIpc) is 2.21. The molecule has 0 saturated carbocycles. The highest BCUT2D eigenvalue weighted by Crippen LogP contribution is 2.22. The van der Waals surface area contributed by atoms with E-state index in [9.17, 15) is 0 Å². The first-order valence-electron chi connectivity index (χ1n) is 3.88. The van der Waals surface area contributed by atoms with Crippen molar-refractivity contribution >= 4 is 11.8 Å². The maximum Gasteiger partial charge on any atom is 0.128 e. The van der Waals surface area contributed by atoms with Gasteiger partial charge in [-0.25, -0.2) is 0 Å². The maximum atomic E-state index is 5.43. The molecule has 0 spiro atoms. The number of allylic oxidation sites excluding steroid dienone is 3. The molecule has 0 saturated heterocycles. The van der Waals surface area contributed by atoms with E-state index in [1.165, 1.54) is 0 Å². The van der Waals surface area contributed by atoms with Crippen LogP contribution in [0.3, 0.4) is 0 Å². The number of hydrogen-bond acceptors (Lipinski definition) is 2. The van der Waals surface area contributed by atoms with Crippen molar-refractivity contribution in [1.29, 1.82) is 0 Å². The number of thioether (sulfide) groups is 1. The van der Waals surface area contributed by atoms with Crippen LogP contribution in [0.2, 0.25) is 0 Å². The van der Waals surface area contributed by atoms with Crippen LogP contribution in [0.5, 0.6) is 0 Å². The number of ether oxygens (including phenoxy) is 1. The summed E-state index contributed by atoms with van der Waals surface area (Å²) in [5.74, 6) is 1.95. The van der Waals surface area contributed by atoms with Gasteiger partial charge in [-0.3, -0.25) is 0 Å². The molecule has 0 bridgehead atoms. The van der Waals surface area contributed by atoms with Crippen LogP contribution in [0.4, 0.5) is 0 Å². The minimum atomic E-state index is 0.676. The number of rotatable bonds is 1. The standard InChI is InChI=1S/C10H9OS/c1-2-6-11-10(5-1)9-4-3-7-12-8-9/h1-5H,6-7H2. The lowest BCUT2D eigenvalue weighted by Crippen LogP contribution is -1.99. The summed E-state index contributed by atoms with van der Waals surface area (Å²) in [4.78, 5) is 0. The van der Waals surface area contributed by atoms with E-state index in [2.05, 4.69) is 17.6 Å². The van der Waals surface area contributed by atoms with Crippen molar-refractivity contribution in [3.05, 3.63) is 47.1 Å². The maximum absolute atomic E-state index is 5.43. The van der Waals surface area contributed by atoms with Gasteiger partial charge in [0.25, 0.3) is 0 Å². The molecule has 0 aromatic carbocycles. The zero-order chi connectivity index (χ0) is 8.23. The van der Waals surface area contributed by atoms with E-state index in [4.69, 9.17) is 4.74 Å². The van der Waals surface area contributed by atoms with Gasteiger partial charge in [-0.05, 0) is 12.2 Å². The second kappa shape index (κ2) is 3.68. The Morgan fingerprint density at radius 3 is 3.08 bits per heavy atom. The molecule has 2 rings (SSSR count). The van der Waals surface area contributed by atoms with Crippen LogP contribution < -0.4 is 0 Å². The van der Waals surface area contributed by atoms with E-state index < -0.39 is 0 Å². The smallest absolute Gasteiger partial charge is 0.128 e. The summed E-state index contributed by atoms with van der Waals surface area (Å²) in [6.07, 6.45) is 10.2. The van der Waals surface area contributed by atoms with Crippen molar-refractivity contribution in [1.82, 2.24) is 0 Å². The summed E-state index contributed by atoms with van der Waals surface area (Å²) < 4.78 is 5.43. The third kappa shape index (κ3) is 1.64. The van der Waals surface area contributed by atoms with Crippen LogP contribution in [0.15, 0.2) is 41.7 Å². The Kier molecular flexibility index (Phi) is 2.37. The molecule has 2 heterocycles. The highest BCUT2D eigenvalue weighted by Gasteiger charge is 2.06. The Balaban J connectivity index is 2.17. The highest BCUT2D eigenvalue weighted by molar-refractivity contribution is 8.01. The third-order valence-corrected chi connectivity index (χ3v) is 2.35. The van der Waals surface area contributed by atoms with Crippen molar-refractivity contribution < 1.29 is 4.74 Å². The zero-order valence-electron chi connectivity index (χ0n) is 6.62. The molecule has 1 radical (unpaired) electrons. The van der Waals surface area contributed by atoms with Crippen molar-refractivity contribution in [2.45, 2.75) is 0 Å². The van der Waals surface area contributed by atoms with Gasteiger partial charge in [-0.2, -0.15) is 0 Å². The van der Waals surface area contributed by atoms with Gasteiger partial charge in [-0.1, -0.05) is 18.2 Å². The highest BCUT2D eigenvalue weighted by atomic mass is 32.2. The predicted molar refractivity (Wildman–Crippen MR) is 51.5 cm³/mol. The van der Waals surface area contributed by atoms with E-state index in [1.807, 2.05) is 18.2 Å². The Hall–Kier alpha value is -0.890. The summed E-state index contributed by atoms with van der Waals surface area (Å²) in [5, 5.41) is 3.21. The molecular weight excluding hydrogens is 168 g/mol. The second-order valence-corrected chi connectivity index (χ2v) is 3.33. The Morgan fingerprint density at radius 2 is 2.42 bits per heavy atom. The molecule has 0 fully saturated rings. The molecule has 1 nitrogen and oxygen atoms in total. The largest absolute Gasteiger partial charge is 0.489 e. The van der Waals surface area contributed by atoms with Gasteiger partial charge in [0.15, 0.2) is 0 Å². The lowest BCUT2D eigenvalue weighted by Gasteiger charge is -2.13. The Bertz CT molecular complexity index is 284. The Morgan fingerprint density at radius 1 is 1.42 bits per heavy atom. The molecule has 0 N–H and O–H groups in total. The van der Waals surface area contributed by atoms with Crippen molar-refractivity contribution in [3.63, 3.8) is 0 Å². The molecule has 2 aliphatic rings. The van der Waals surface area contributed by atoms with Gasteiger partial charge in [0.2, 0.25) is 0 Å². The second-order valence-electron chi connectivity index (χ2n) is 2.50. The van der Waals surface area contributed by atoms with Crippen LogP contribution in [-0.4, -0.2) is 12.4 Å². The van der Waals surface area contributed by atoms with E-state index in [1.54, 1.807) is 11.8 Å². The minimum Gasteiger partial charge on any atom is -0.489 e. The molecular formula is C10H9OS. The van der Waals surface area contributed by atoms with Crippen LogP contribution in [-0.2, 0) is 4.74 Å². The summed E-state index contributed by atoms with van der Waals surface area (Å²) in [5.41, 5.74) is 1.07. The van der Waals surface area contributed by atoms with Gasteiger partial charge in [0.05, 0.1) is 0 Å². The SMILES string of the molecule is [C]1=C(C2=CC=CCO2)C=CCS1. The summed E-state index contributed by atoms with van der Waals surface area (Å²) in [7, 11) is 0. The van der Waals surface area contributed by atoms with Crippen LogP contribution in [0, 0.1) is 5.41 Å². The fourth-order valence-electron chi connectivity index (χ4n) is 1.06. The van der Waals surface area contributed by atoms with E-state index in [0.29, 0.717) is 6.61 Å². The summed E-state index contributed by atoms with van der Waals surface area (Å²) in [6, 6.07) is 0. The lowest BCUT2D eigenvalue weighted by atomic mass is 10.2. The molecule has 0 atom stereocenters. The van der Waals surface area contributed by atoms with Crippen LogP contribution in [0.1, 0.15) is 0 Å². The molecule has 61 valence electrons. The van der Waals surface area contributed by atoms with Gasteiger partial charge in [-0.15, -0.1) is 11.8 Å². The first-order chi connectivity index (χ1) is 5.97. The molecule has 0 aromatic rings. The zero-order valence-corrected chi connectivity index (χ0v) is 7.43. The minimum absolute atomic E-state index is 0.676. The molecule has 0 aliphatic carbocycles. The summed E-state index contributed by atoms with van der Waals surface area (Å²) >= 11 is 1.68. The van der Waals surface area contributed by atoms with Gasteiger partial charge in [0, 0.05) is 16.7 Å². The lowest BCUT2D eigenvalue weighted by molar-refractivity contribution is 0.254. The van der Waals surface area contributed by atoms with E-state index >= 15 is 0 Å². The molecule has 12 heavy (non-hydrogen) atoms. The average molecular weight is 177 g/mol. The topological polar surface area (TPSA) is 9.23 Å². The molecule has 2 aliphatic heterocycles. The van der Waals surface area contributed by atoms with Crippen molar-refractivity contribution in [2.24, 2.45) is 0 Å². The first-order valence-corrected chi connectivity index (χ1v) is 4.87. The fourth-order valence-corrected chi connectivity index (χ4v) is 1.66. The predicted octanol–water partition coefficient (Wildman–Crippen LogP) is 2.45. The van der Waals surface area contributed by atoms with Gasteiger partial charge >= 0.3 is 0 Å². The first kappa shape index (κ1) is 7.74. The van der Waals surface area contributed by atoms with Crippen molar-refractivity contribution in [2.75, 3.05) is 12.4 Å². The molecule has 0 amide bonds. The van der Waals surface area contributed by atoms with E-state index in [0.717, 1.165) is 17.1 Å². The van der Waals surface area contributed by atoms with Crippen LogP contribution in [0.25, 0.3) is 0 Å². The monoisotopic (exact) mass is 177 g/mol. The quantitative estimate of drug-likeness (QED) is 0.608. The van der Waals surface area contributed by atoms with Crippen LogP contribution >= 0.6 is 11.8 Å².